The third-order valence-electron chi connectivity index (χ3n) is 3.36. The normalized spacial score (nSPS) is 33.7. The van der Waals surface area contributed by atoms with Crippen molar-refractivity contribution < 1.29 is 19.4 Å². The van der Waals surface area contributed by atoms with Gasteiger partial charge in [0.1, 0.15) is 0 Å². The highest BCUT2D eigenvalue weighted by Crippen LogP contribution is 2.44. The number of carboxylic acids is 1. The lowest BCUT2D eigenvalue weighted by atomic mass is 9.99. The largest absolute Gasteiger partial charge is 0.479 e. The predicted molar refractivity (Wildman–Crippen MR) is 53.5 cm³/mol. The highest BCUT2D eigenvalue weighted by molar-refractivity contribution is 5.78. The topological polar surface area (TPSA) is 55.8 Å². The number of aliphatic carboxylic acids is 1. The summed E-state index contributed by atoms with van der Waals surface area (Å²) >= 11 is 0. The maximum absolute atomic E-state index is 11.2. The molecule has 1 saturated heterocycles. The number of carbonyl (C=O) groups is 1. The Morgan fingerprint density at radius 2 is 2.07 bits per heavy atom. The highest BCUT2D eigenvalue weighted by atomic mass is 16.8. The van der Waals surface area contributed by atoms with Crippen LogP contribution in [0.15, 0.2) is 0 Å². The van der Waals surface area contributed by atoms with E-state index in [0.29, 0.717) is 6.42 Å². The van der Waals surface area contributed by atoms with Gasteiger partial charge in [-0.2, -0.15) is 0 Å². The van der Waals surface area contributed by atoms with Crippen molar-refractivity contribution in [3.8, 4) is 0 Å². The van der Waals surface area contributed by atoms with Gasteiger partial charge < -0.3 is 14.6 Å². The fraction of sp³-hybridized carbons (Fsp3) is 0.909. The number of hydrogen-bond donors (Lipinski definition) is 1. The summed E-state index contributed by atoms with van der Waals surface area (Å²) in [6.45, 7) is 2.17. The average Bonchev–Trinajstić information content (AvgIpc) is 2.77. The van der Waals surface area contributed by atoms with Crippen molar-refractivity contribution >= 4 is 5.97 Å². The molecule has 1 aliphatic heterocycles. The van der Waals surface area contributed by atoms with Crippen LogP contribution < -0.4 is 0 Å². The Morgan fingerprint density at radius 3 is 2.60 bits per heavy atom. The van der Waals surface area contributed by atoms with Crippen LogP contribution in [0.5, 0.6) is 0 Å². The molecule has 0 amide bonds. The molecular formula is C11H18O4. The Bertz CT molecular complexity index is 257. The first-order chi connectivity index (χ1) is 7.13. The summed E-state index contributed by atoms with van der Waals surface area (Å²) in [6, 6.07) is 0. The van der Waals surface area contributed by atoms with Gasteiger partial charge in [0.15, 0.2) is 11.4 Å². The lowest BCUT2D eigenvalue weighted by Crippen LogP contribution is -2.43. The summed E-state index contributed by atoms with van der Waals surface area (Å²) in [6.07, 6.45) is 5.15. The second-order valence-electron chi connectivity index (χ2n) is 4.56. The Balaban J connectivity index is 2.13. The van der Waals surface area contributed by atoms with Crippen LogP contribution in [0, 0.1) is 0 Å². The molecule has 4 heteroatoms. The van der Waals surface area contributed by atoms with E-state index in [-0.39, 0.29) is 6.61 Å². The number of carboxylic acid groups (broad SMARTS) is 1. The van der Waals surface area contributed by atoms with Gasteiger partial charge in [-0.05, 0) is 19.3 Å². The summed E-state index contributed by atoms with van der Waals surface area (Å²) in [5.74, 6) is -1.46. The first kappa shape index (κ1) is 10.9. The molecule has 15 heavy (non-hydrogen) atoms. The standard InChI is InChI=1S/C11H18O4/c1-2-5-10(9(12)13)8-14-11(15-10)6-3-4-7-11/h2-8H2,1H3,(H,12,13)/t10-/m1/s1. The SMILES string of the molecule is CCC[C@]1(C(=O)O)COC2(CCCC2)O1. The molecule has 1 saturated carbocycles. The van der Waals surface area contributed by atoms with Crippen molar-refractivity contribution in [1.29, 1.82) is 0 Å². The molecule has 0 unspecified atom stereocenters. The van der Waals surface area contributed by atoms with E-state index in [4.69, 9.17) is 9.47 Å². The fourth-order valence-corrected chi connectivity index (χ4v) is 2.56. The Labute approximate surface area is 89.6 Å². The second kappa shape index (κ2) is 3.76. The van der Waals surface area contributed by atoms with E-state index in [1.54, 1.807) is 0 Å². The molecule has 2 aliphatic rings. The summed E-state index contributed by atoms with van der Waals surface area (Å²) in [5, 5.41) is 9.23. The van der Waals surface area contributed by atoms with E-state index in [1.807, 2.05) is 6.92 Å². The van der Waals surface area contributed by atoms with Crippen LogP contribution in [0.3, 0.4) is 0 Å². The van der Waals surface area contributed by atoms with E-state index < -0.39 is 17.4 Å². The van der Waals surface area contributed by atoms with E-state index in [0.717, 1.165) is 32.1 Å². The first-order valence-electron chi connectivity index (χ1n) is 5.70. The molecule has 1 atom stereocenters. The van der Waals surface area contributed by atoms with Crippen molar-refractivity contribution in [3.05, 3.63) is 0 Å². The Kier molecular flexibility index (Phi) is 2.73. The Morgan fingerprint density at radius 1 is 1.40 bits per heavy atom. The summed E-state index contributed by atoms with van der Waals surface area (Å²) in [5.41, 5.74) is -1.08. The van der Waals surface area contributed by atoms with Crippen LogP contribution in [0.1, 0.15) is 45.4 Å². The second-order valence-corrected chi connectivity index (χ2v) is 4.56. The molecule has 2 rings (SSSR count). The van der Waals surface area contributed by atoms with Gasteiger partial charge in [-0.3, -0.25) is 0 Å². The maximum atomic E-state index is 11.2. The molecule has 0 aromatic carbocycles. The van der Waals surface area contributed by atoms with Crippen molar-refractivity contribution in [2.45, 2.75) is 56.8 Å². The minimum Gasteiger partial charge on any atom is -0.479 e. The zero-order chi connectivity index (χ0) is 10.9. The van der Waals surface area contributed by atoms with Gasteiger partial charge >= 0.3 is 5.97 Å². The zero-order valence-electron chi connectivity index (χ0n) is 9.12. The van der Waals surface area contributed by atoms with E-state index in [1.165, 1.54) is 0 Å². The fourth-order valence-electron chi connectivity index (χ4n) is 2.56. The average molecular weight is 214 g/mol. The van der Waals surface area contributed by atoms with Crippen LogP contribution >= 0.6 is 0 Å². The number of rotatable bonds is 3. The molecule has 1 aliphatic carbocycles. The van der Waals surface area contributed by atoms with Gasteiger partial charge in [-0.1, -0.05) is 13.3 Å². The van der Waals surface area contributed by atoms with E-state index in [2.05, 4.69) is 0 Å². The molecule has 0 bridgehead atoms. The molecular weight excluding hydrogens is 196 g/mol. The molecule has 1 heterocycles. The van der Waals surface area contributed by atoms with E-state index >= 15 is 0 Å². The van der Waals surface area contributed by atoms with Crippen LogP contribution in [-0.4, -0.2) is 29.1 Å². The van der Waals surface area contributed by atoms with Crippen molar-refractivity contribution in [2.24, 2.45) is 0 Å². The third kappa shape index (κ3) is 1.76. The summed E-state index contributed by atoms with van der Waals surface area (Å²) in [7, 11) is 0. The van der Waals surface area contributed by atoms with Gasteiger partial charge in [0.05, 0.1) is 6.61 Å². The van der Waals surface area contributed by atoms with Gasteiger partial charge in [0.2, 0.25) is 0 Å². The van der Waals surface area contributed by atoms with Crippen molar-refractivity contribution in [1.82, 2.24) is 0 Å². The van der Waals surface area contributed by atoms with Crippen molar-refractivity contribution in [3.63, 3.8) is 0 Å². The molecule has 0 aromatic rings. The molecule has 2 fully saturated rings. The first-order valence-corrected chi connectivity index (χ1v) is 5.70. The maximum Gasteiger partial charge on any atom is 0.338 e. The minimum atomic E-state index is -1.08. The van der Waals surface area contributed by atoms with Crippen LogP contribution in [-0.2, 0) is 14.3 Å². The van der Waals surface area contributed by atoms with Crippen LogP contribution in [0.4, 0.5) is 0 Å². The Hall–Kier alpha value is -0.610. The molecule has 1 spiro atoms. The van der Waals surface area contributed by atoms with Gasteiger partial charge in [0, 0.05) is 12.8 Å². The van der Waals surface area contributed by atoms with Gasteiger partial charge in [-0.25, -0.2) is 4.79 Å². The lowest BCUT2D eigenvalue weighted by molar-refractivity contribution is -0.197. The summed E-state index contributed by atoms with van der Waals surface area (Å²) < 4.78 is 11.4. The van der Waals surface area contributed by atoms with Gasteiger partial charge in [-0.15, -0.1) is 0 Å². The highest BCUT2D eigenvalue weighted by Gasteiger charge is 2.55. The zero-order valence-corrected chi connectivity index (χ0v) is 9.12. The molecule has 86 valence electrons. The minimum absolute atomic E-state index is 0.205. The number of hydrogen-bond acceptors (Lipinski definition) is 3. The van der Waals surface area contributed by atoms with Crippen molar-refractivity contribution in [2.75, 3.05) is 6.61 Å². The van der Waals surface area contributed by atoms with E-state index in [9.17, 15) is 9.90 Å². The van der Waals surface area contributed by atoms with Crippen LogP contribution in [0.2, 0.25) is 0 Å². The molecule has 0 aromatic heterocycles. The quantitative estimate of drug-likeness (QED) is 0.779. The van der Waals surface area contributed by atoms with Crippen LogP contribution in [0.25, 0.3) is 0 Å². The predicted octanol–water partition coefficient (Wildman–Crippen LogP) is 1.93. The summed E-state index contributed by atoms with van der Waals surface area (Å²) in [4.78, 5) is 11.2. The third-order valence-corrected chi connectivity index (χ3v) is 3.36. The molecule has 4 nitrogen and oxygen atoms in total. The molecule has 0 radical (unpaired) electrons. The monoisotopic (exact) mass is 214 g/mol. The van der Waals surface area contributed by atoms with Gasteiger partial charge in [0.25, 0.3) is 0 Å². The lowest BCUT2D eigenvalue weighted by Gasteiger charge is -2.26. The number of ether oxygens (including phenoxy) is 2. The molecule has 1 N–H and O–H groups in total. The smallest absolute Gasteiger partial charge is 0.338 e.